The highest BCUT2D eigenvalue weighted by Crippen LogP contribution is 2.53. The lowest BCUT2D eigenvalue weighted by Gasteiger charge is -2.37. The minimum atomic E-state index is -0.329. The van der Waals surface area contributed by atoms with Gasteiger partial charge in [-0.25, -0.2) is 0 Å². The molecular weight excluding hydrogens is 332 g/mol. The van der Waals surface area contributed by atoms with E-state index in [1.165, 1.54) is 0 Å². The van der Waals surface area contributed by atoms with Crippen LogP contribution in [0.3, 0.4) is 0 Å². The Labute approximate surface area is 151 Å². The topological polar surface area (TPSA) is 73.6 Å². The summed E-state index contributed by atoms with van der Waals surface area (Å²) >= 11 is 0. The number of nitrogens with one attached hydrogen (secondary N) is 1. The van der Waals surface area contributed by atoms with Crippen LogP contribution in [0.4, 0.5) is 11.4 Å². The molecule has 6 nitrogen and oxygen atoms in total. The van der Waals surface area contributed by atoms with E-state index >= 15 is 0 Å². The van der Waals surface area contributed by atoms with Crippen LogP contribution in [-0.4, -0.2) is 19.1 Å². The Kier molecular flexibility index (Phi) is 4.03. The van der Waals surface area contributed by atoms with Gasteiger partial charge in [-0.3, -0.25) is 10.1 Å². The molecule has 0 aromatic heterocycles. The predicted molar refractivity (Wildman–Crippen MR) is 99.0 cm³/mol. The number of ether oxygens (including phenoxy) is 2. The molecule has 2 aliphatic rings. The van der Waals surface area contributed by atoms with Gasteiger partial charge in [-0.2, -0.15) is 0 Å². The van der Waals surface area contributed by atoms with E-state index in [9.17, 15) is 10.1 Å². The van der Waals surface area contributed by atoms with Crippen LogP contribution in [0.25, 0.3) is 0 Å². The number of nitro groups is 1. The van der Waals surface area contributed by atoms with Gasteiger partial charge in [0.05, 0.1) is 25.2 Å². The smallest absolute Gasteiger partial charge is 0.292 e. The van der Waals surface area contributed by atoms with Crippen LogP contribution >= 0.6 is 0 Å². The van der Waals surface area contributed by atoms with Crippen molar-refractivity contribution in [2.24, 2.45) is 5.92 Å². The number of rotatable bonds is 4. The zero-order valence-electron chi connectivity index (χ0n) is 14.6. The lowest BCUT2D eigenvalue weighted by atomic mass is 9.76. The van der Waals surface area contributed by atoms with Gasteiger partial charge in [0, 0.05) is 17.5 Å². The maximum Gasteiger partial charge on any atom is 0.292 e. The van der Waals surface area contributed by atoms with Crippen molar-refractivity contribution >= 4 is 11.4 Å². The molecule has 4 rings (SSSR count). The number of anilines is 1. The minimum Gasteiger partial charge on any atom is -0.493 e. The van der Waals surface area contributed by atoms with Crippen LogP contribution in [0, 0.1) is 16.0 Å². The van der Waals surface area contributed by atoms with Gasteiger partial charge in [0.2, 0.25) is 0 Å². The van der Waals surface area contributed by atoms with Crippen LogP contribution in [0.1, 0.15) is 29.5 Å². The molecule has 0 saturated carbocycles. The molecule has 0 fully saturated rings. The van der Waals surface area contributed by atoms with Crippen LogP contribution < -0.4 is 14.8 Å². The molecule has 0 bridgehead atoms. The number of methoxy groups -OCH3 is 2. The fourth-order valence-corrected chi connectivity index (χ4v) is 4.22. The van der Waals surface area contributed by atoms with E-state index in [4.69, 9.17) is 9.47 Å². The summed E-state index contributed by atoms with van der Waals surface area (Å²) in [5.74, 6) is 1.74. The molecule has 1 heterocycles. The zero-order valence-corrected chi connectivity index (χ0v) is 14.6. The fraction of sp³-hybridized carbons (Fsp3) is 0.300. The van der Waals surface area contributed by atoms with E-state index in [-0.39, 0.29) is 28.5 Å². The van der Waals surface area contributed by atoms with E-state index in [0.717, 1.165) is 17.5 Å². The number of para-hydroxylation sites is 2. The first-order valence-corrected chi connectivity index (χ1v) is 8.57. The summed E-state index contributed by atoms with van der Waals surface area (Å²) in [6.07, 6.45) is 5.23. The summed E-state index contributed by atoms with van der Waals surface area (Å²) in [7, 11) is 3.22. The average Bonchev–Trinajstić information content (AvgIpc) is 3.16. The highest BCUT2D eigenvalue weighted by atomic mass is 16.6. The number of hydrogen-bond donors (Lipinski definition) is 1. The Morgan fingerprint density at radius 3 is 2.62 bits per heavy atom. The molecule has 0 spiro atoms. The monoisotopic (exact) mass is 352 g/mol. The predicted octanol–water partition coefficient (Wildman–Crippen LogP) is 4.44. The van der Waals surface area contributed by atoms with Gasteiger partial charge in [-0.05, 0) is 24.0 Å². The van der Waals surface area contributed by atoms with Gasteiger partial charge in [0.15, 0.2) is 11.5 Å². The summed E-state index contributed by atoms with van der Waals surface area (Å²) in [5.41, 5.74) is 2.64. The quantitative estimate of drug-likeness (QED) is 0.500. The summed E-state index contributed by atoms with van der Waals surface area (Å²) < 4.78 is 11.0. The summed E-state index contributed by atoms with van der Waals surface area (Å²) in [5, 5.41) is 15.0. The van der Waals surface area contributed by atoms with Crippen molar-refractivity contribution < 1.29 is 14.4 Å². The Morgan fingerprint density at radius 1 is 1.12 bits per heavy atom. The fourth-order valence-electron chi connectivity index (χ4n) is 4.22. The Hall–Kier alpha value is -3.02. The van der Waals surface area contributed by atoms with Crippen molar-refractivity contribution in [1.82, 2.24) is 0 Å². The molecule has 1 aliphatic heterocycles. The van der Waals surface area contributed by atoms with Gasteiger partial charge in [0.1, 0.15) is 5.69 Å². The maximum absolute atomic E-state index is 11.5. The number of nitro benzene ring substituents is 1. The van der Waals surface area contributed by atoms with Crippen molar-refractivity contribution in [3.8, 4) is 11.5 Å². The maximum atomic E-state index is 11.5. The summed E-state index contributed by atoms with van der Waals surface area (Å²) in [6.45, 7) is 0. The number of nitrogens with zero attached hydrogens (tertiary/aromatic N) is 1. The van der Waals surface area contributed by atoms with E-state index in [1.807, 2.05) is 24.3 Å². The van der Waals surface area contributed by atoms with Crippen LogP contribution in [0.5, 0.6) is 11.5 Å². The number of fused-ring (bicyclic) bond motifs is 3. The molecule has 1 aliphatic carbocycles. The molecule has 1 N–H and O–H groups in total. The van der Waals surface area contributed by atoms with Crippen LogP contribution in [0.15, 0.2) is 48.6 Å². The van der Waals surface area contributed by atoms with Crippen LogP contribution in [-0.2, 0) is 0 Å². The first-order chi connectivity index (χ1) is 12.7. The lowest BCUT2D eigenvalue weighted by molar-refractivity contribution is -0.384. The van der Waals surface area contributed by atoms with Gasteiger partial charge >= 0.3 is 0 Å². The second-order valence-corrected chi connectivity index (χ2v) is 6.56. The van der Waals surface area contributed by atoms with Gasteiger partial charge in [0.25, 0.3) is 5.69 Å². The van der Waals surface area contributed by atoms with E-state index < -0.39 is 0 Å². The van der Waals surface area contributed by atoms with Crippen molar-refractivity contribution in [3.63, 3.8) is 0 Å². The number of benzene rings is 2. The molecule has 6 heteroatoms. The van der Waals surface area contributed by atoms with Crippen molar-refractivity contribution in [3.05, 3.63) is 69.8 Å². The first-order valence-electron chi connectivity index (χ1n) is 8.57. The highest BCUT2D eigenvalue weighted by Gasteiger charge is 2.41. The Balaban J connectivity index is 1.87. The molecule has 2 aromatic rings. The molecule has 0 saturated heterocycles. The van der Waals surface area contributed by atoms with Gasteiger partial charge in [-0.15, -0.1) is 0 Å². The minimum absolute atomic E-state index is 0.103. The summed E-state index contributed by atoms with van der Waals surface area (Å²) in [6, 6.07) is 10.9. The molecule has 2 aromatic carbocycles. The Morgan fingerprint density at radius 2 is 1.88 bits per heavy atom. The number of hydrogen-bond acceptors (Lipinski definition) is 5. The van der Waals surface area contributed by atoms with E-state index in [0.29, 0.717) is 17.2 Å². The van der Waals surface area contributed by atoms with Crippen molar-refractivity contribution in [2.75, 3.05) is 19.5 Å². The molecule has 0 radical (unpaired) electrons. The third-order valence-corrected chi connectivity index (χ3v) is 5.34. The van der Waals surface area contributed by atoms with Crippen LogP contribution in [0.2, 0.25) is 0 Å². The standard InChI is InChI=1S/C20H20N2O4/c1-25-17-11-5-9-15(20(17)26-2)18-13-7-3-6-12(13)14-8-4-10-16(22(23)24)19(14)21-18/h3-6,8-13,18,21H,7H2,1-2H3/t12-,13-,18-/m1/s1. The SMILES string of the molecule is COc1cccc([C@@H]2Nc3c(cccc3[N+](=O)[O-])[C@@H]3C=CC[C@H]32)c1OC. The molecule has 3 atom stereocenters. The lowest BCUT2D eigenvalue weighted by Crippen LogP contribution is -2.30. The highest BCUT2D eigenvalue weighted by molar-refractivity contribution is 5.71. The molecule has 134 valence electrons. The molecule has 0 unspecified atom stereocenters. The number of allylic oxidation sites excluding steroid dienone is 2. The zero-order chi connectivity index (χ0) is 18.3. The molecular formula is C20H20N2O4. The van der Waals surface area contributed by atoms with Gasteiger partial charge < -0.3 is 14.8 Å². The van der Waals surface area contributed by atoms with Crippen molar-refractivity contribution in [1.29, 1.82) is 0 Å². The molecule has 26 heavy (non-hydrogen) atoms. The molecule has 0 amide bonds. The Bertz CT molecular complexity index is 893. The summed E-state index contributed by atoms with van der Waals surface area (Å²) in [4.78, 5) is 11.2. The average molecular weight is 352 g/mol. The third-order valence-electron chi connectivity index (χ3n) is 5.34. The third kappa shape index (κ3) is 2.41. The van der Waals surface area contributed by atoms with E-state index in [2.05, 4.69) is 17.5 Å². The second kappa shape index (κ2) is 6.37. The van der Waals surface area contributed by atoms with Gasteiger partial charge in [-0.1, -0.05) is 36.4 Å². The van der Waals surface area contributed by atoms with Crippen molar-refractivity contribution in [2.45, 2.75) is 18.4 Å². The normalized spacial score (nSPS) is 22.9. The first kappa shape index (κ1) is 16.4. The second-order valence-electron chi connectivity index (χ2n) is 6.56. The largest absolute Gasteiger partial charge is 0.493 e. The van der Waals surface area contributed by atoms with E-state index in [1.54, 1.807) is 26.4 Å².